The third kappa shape index (κ3) is 4.31. The van der Waals surface area contributed by atoms with Gasteiger partial charge in [-0.25, -0.2) is 8.78 Å². The maximum absolute atomic E-state index is 13.6. The molecule has 1 heterocycles. The fourth-order valence-electron chi connectivity index (χ4n) is 2.90. The van der Waals surface area contributed by atoms with Crippen LogP contribution in [0.2, 0.25) is 0 Å². The zero-order valence-corrected chi connectivity index (χ0v) is 15.2. The van der Waals surface area contributed by atoms with Crippen LogP contribution in [0.3, 0.4) is 0 Å². The first kappa shape index (κ1) is 20.1. The van der Waals surface area contributed by atoms with E-state index in [1.54, 1.807) is 29.2 Å². The highest BCUT2D eigenvalue weighted by molar-refractivity contribution is 5.94. The van der Waals surface area contributed by atoms with Crippen LogP contribution < -0.4 is 10.5 Å². The van der Waals surface area contributed by atoms with Crippen molar-refractivity contribution >= 4 is 18.3 Å². The second-order valence-corrected chi connectivity index (χ2v) is 6.69. The molecule has 1 atom stereocenters. The summed E-state index contributed by atoms with van der Waals surface area (Å²) < 4.78 is 31.9. The van der Waals surface area contributed by atoms with Crippen LogP contribution in [0.4, 0.5) is 8.78 Å². The lowest BCUT2D eigenvalue weighted by atomic mass is 9.90. The lowest BCUT2D eigenvalue weighted by Crippen LogP contribution is -2.34. The van der Waals surface area contributed by atoms with Crippen molar-refractivity contribution in [3.8, 4) is 11.5 Å². The van der Waals surface area contributed by atoms with Gasteiger partial charge in [-0.3, -0.25) is 4.79 Å². The molecule has 1 fully saturated rings. The summed E-state index contributed by atoms with van der Waals surface area (Å²) in [5.41, 5.74) is 6.28. The minimum atomic E-state index is -0.779. The maximum Gasteiger partial charge on any atom is 0.253 e. The number of likely N-dealkylation sites (tertiary alicyclic amines) is 1. The number of carbonyl (C=O) groups excluding carboxylic acids is 1. The number of halogens is 3. The summed E-state index contributed by atoms with van der Waals surface area (Å²) in [7, 11) is 0. The third-order valence-electron chi connectivity index (χ3n) is 4.56. The molecule has 0 spiro atoms. The van der Waals surface area contributed by atoms with Gasteiger partial charge in [0.05, 0.1) is 0 Å². The Labute approximate surface area is 157 Å². The Kier molecular flexibility index (Phi) is 6.21. The van der Waals surface area contributed by atoms with E-state index in [1.165, 1.54) is 6.07 Å². The van der Waals surface area contributed by atoms with Gasteiger partial charge < -0.3 is 15.4 Å². The Balaban J connectivity index is 0.00000243. The summed E-state index contributed by atoms with van der Waals surface area (Å²) in [5, 5.41) is 0. The maximum atomic E-state index is 13.6. The van der Waals surface area contributed by atoms with E-state index in [4.69, 9.17) is 10.5 Å². The largest absolute Gasteiger partial charge is 0.454 e. The van der Waals surface area contributed by atoms with Gasteiger partial charge in [-0.05, 0) is 54.8 Å². The van der Waals surface area contributed by atoms with Crippen molar-refractivity contribution in [3.63, 3.8) is 0 Å². The third-order valence-corrected chi connectivity index (χ3v) is 4.56. The van der Waals surface area contributed by atoms with Crippen LogP contribution in [0.1, 0.15) is 23.7 Å². The van der Waals surface area contributed by atoms with Crippen molar-refractivity contribution in [3.05, 3.63) is 59.7 Å². The molecule has 1 aliphatic heterocycles. The zero-order valence-electron chi connectivity index (χ0n) is 14.4. The molecule has 4 nitrogen and oxygen atoms in total. The molecule has 1 aliphatic rings. The highest BCUT2D eigenvalue weighted by atomic mass is 35.5. The number of hydrogen-bond acceptors (Lipinski definition) is 3. The lowest BCUT2D eigenvalue weighted by molar-refractivity contribution is 0.0777. The fourth-order valence-corrected chi connectivity index (χ4v) is 2.90. The zero-order chi connectivity index (χ0) is 18.0. The number of ether oxygens (including phenoxy) is 1. The molecule has 0 aliphatic carbocycles. The minimum absolute atomic E-state index is 0. The van der Waals surface area contributed by atoms with Gasteiger partial charge in [-0.1, -0.05) is 6.92 Å². The molecule has 140 valence electrons. The number of rotatable bonds is 4. The number of nitrogens with zero attached hydrogens (tertiary/aromatic N) is 1. The van der Waals surface area contributed by atoms with Crippen LogP contribution in [-0.4, -0.2) is 30.4 Å². The molecule has 7 heteroatoms. The molecule has 0 bridgehead atoms. The van der Waals surface area contributed by atoms with E-state index < -0.39 is 11.6 Å². The minimum Gasteiger partial charge on any atom is -0.454 e. The smallest absolute Gasteiger partial charge is 0.253 e. The Bertz CT molecular complexity index is 786. The first-order chi connectivity index (χ1) is 11.9. The van der Waals surface area contributed by atoms with Crippen molar-refractivity contribution in [1.29, 1.82) is 0 Å². The summed E-state index contributed by atoms with van der Waals surface area (Å²) in [4.78, 5) is 14.3. The molecule has 0 aromatic heterocycles. The van der Waals surface area contributed by atoms with E-state index in [1.807, 2.05) is 0 Å². The molecule has 26 heavy (non-hydrogen) atoms. The first-order valence-corrected chi connectivity index (χ1v) is 8.12. The van der Waals surface area contributed by atoms with Gasteiger partial charge in [0.25, 0.3) is 5.91 Å². The van der Waals surface area contributed by atoms with E-state index in [0.717, 1.165) is 18.6 Å². The number of amides is 1. The highest BCUT2D eigenvalue weighted by Gasteiger charge is 2.35. The standard InChI is InChI=1S/C19H20F2N2O2.ClH/c1-19(11-22)8-9-23(12-19)18(24)13-2-5-15(6-3-13)25-17-7-4-14(20)10-16(17)21;/h2-7,10H,8-9,11-12,22H2,1H3;1H. The molecule has 3 rings (SSSR count). The Hall–Kier alpha value is -2.18. The quantitative estimate of drug-likeness (QED) is 0.869. The monoisotopic (exact) mass is 382 g/mol. The molecule has 0 radical (unpaired) electrons. The second kappa shape index (κ2) is 8.01. The fraction of sp³-hybridized carbons (Fsp3) is 0.316. The van der Waals surface area contributed by atoms with Crippen LogP contribution in [0, 0.1) is 17.0 Å². The average Bonchev–Trinajstić information content (AvgIpc) is 3.00. The number of nitrogens with two attached hydrogens (primary N) is 1. The van der Waals surface area contributed by atoms with Crippen LogP contribution in [0.25, 0.3) is 0 Å². The first-order valence-electron chi connectivity index (χ1n) is 8.12. The van der Waals surface area contributed by atoms with Gasteiger partial charge in [0.1, 0.15) is 11.6 Å². The predicted molar refractivity (Wildman–Crippen MR) is 97.8 cm³/mol. The lowest BCUT2D eigenvalue weighted by Gasteiger charge is -2.22. The highest BCUT2D eigenvalue weighted by Crippen LogP contribution is 2.30. The normalized spacial score (nSPS) is 19.2. The van der Waals surface area contributed by atoms with Gasteiger partial charge in [-0.15, -0.1) is 12.4 Å². The second-order valence-electron chi connectivity index (χ2n) is 6.69. The van der Waals surface area contributed by atoms with E-state index >= 15 is 0 Å². The summed E-state index contributed by atoms with van der Waals surface area (Å²) in [6.45, 7) is 3.95. The molecular formula is C19H21ClF2N2O2. The van der Waals surface area contributed by atoms with Crippen molar-refractivity contribution in [1.82, 2.24) is 4.90 Å². The summed E-state index contributed by atoms with van der Waals surface area (Å²) in [6.07, 6.45) is 0.889. The molecule has 1 saturated heterocycles. The van der Waals surface area contributed by atoms with Crippen LogP contribution >= 0.6 is 12.4 Å². The van der Waals surface area contributed by atoms with Crippen LogP contribution in [0.5, 0.6) is 11.5 Å². The van der Waals surface area contributed by atoms with Gasteiger partial charge in [0.15, 0.2) is 11.6 Å². The van der Waals surface area contributed by atoms with Crippen molar-refractivity contribution < 1.29 is 18.3 Å². The SMILES string of the molecule is CC1(CN)CCN(C(=O)c2ccc(Oc3ccc(F)cc3F)cc2)C1.Cl. The molecule has 1 unspecified atom stereocenters. The van der Waals surface area contributed by atoms with Gasteiger partial charge in [-0.2, -0.15) is 0 Å². The average molecular weight is 383 g/mol. The van der Waals surface area contributed by atoms with Gasteiger partial charge in [0.2, 0.25) is 0 Å². The van der Waals surface area contributed by atoms with Crippen LogP contribution in [-0.2, 0) is 0 Å². The predicted octanol–water partition coefficient (Wildman–Crippen LogP) is 3.99. The molecule has 2 aromatic carbocycles. The van der Waals surface area contributed by atoms with E-state index in [0.29, 0.717) is 30.9 Å². The van der Waals surface area contributed by atoms with Crippen molar-refractivity contribution in [2.75, 3.05) is 19.6 Å². The molecular weight excluding hydrogens is 362 g/mol. The molecule has 0 saturated carbocycles. The summed E-state index contributed by atoms with van der Waals surface area (Å²) in [5.74, 6) is -1.20. The van der Waals surface area contributed by atoms with E-state index in [9.17, 15) is 13.6 Å². The molecule has 2 aromatic rings. The van der Waals surface area contributed by atoms with Gasteiger partial charge in [0, 0.05) is 24.7 Å². The van der Waals surface area contributed by atoms with Crippen molar-refractivity contribution in [2.24, 2.45) is 11.1 Å². The Morgan fingerprint density at radius 1 is 1.23 bits per heavy atom. The molecule has 2 N–H and O–H groups in total. The Morgan fingerprint density at radius 3 is 2.50 bits per heavy atom. The topological polar surface area (TPSA) is 55.6 Å². The number of benzene rings is 2. The van der Waals surface area contributed by atoms with Crippen molar-refractivity contribution in [2.45, 2.75) is 13.3 Å². The van der Waals surface area contributed by atoms with E-state index in [-0.39, 0.29) is 29.5 Å². The summed E-state index contributed by atoms with van der Waals surface area (Å²) >= 11 is 0. The number of carbonyl (C=O) groups is 1. The summed E-state index contributed by atoms with van der Waals surface area (Å²) in [6, 6.07) is 9.56. The van der Waals surface area contributed by atoms with Crippen LogP contribution in [0.15, 0.2) is 42.5 Å². The van der Waals surface area contributed by atoms with Gasteiger partial charge >= 0.3 is 0 Å². The number of hydrogen-bond donors (Lipinski definition) is 1. The Morgan fingerprint density at radius 2 is 1.92 bits per heavy atom. The molecule has 1 amide bonds. The van der Waals surface area contributed by atoms with E-state index in [2.05, 4.69) is 6.92 Å².